The summed E-state index contributed by atoms with van der Waals surface area (Å²) in [6, 6.07) is 12.4. The molecule has 6 heteroatoms. The van der Waals surface area contributed by atoms with Gasteiger partial charge in [0.05, 0.1) is 25.8 Å². The molecule has 1 aliphatic rings. The van der Waals surface area contributed by atoms with E-state index in [9.17, 15) is 0 Å². The Hall–Kier alpha value is -1.33. The third kappa shape index (κ3) is 4.57. The van der Waals surface area contributed by atoms with Crippen LogP contribution in [0.15, 0.2) is 41.9 Å². The summed E-state index contributed by atoms with van der Waals surface area (Å²) in [5.41, 5.74) is 5.34. The summed E-state index contributed by atoms with van der Waals surface area (Å²) >= 11 is 14.2. The van der Waals surface area contributed by atoms with Crippen LogP contribution < -0.4 is 5.32 Å². The predicted molar refractivity (Wildman–Crippen MR) is 118 cm³/mol. The van der Waals surface area contributed by atoms with Gasteiger partial charge in [-0.1, -0.05) is 35.3 Å². The van der Waals surface area contributed by atoms with Gasteiger partial charge in [-0.25, -0.2) is 4.98 Å². The highest BCUT2D eigenvalue weighted by molar-refractivity contribution is 7.16. The number of nitrogens with zero attached hydrogens (tertiary/aromatic N) is 2. The lowest BCUT2D eigenvalue weighted by Crippen LogP contribution is -2.34. The lowest BCUT2D eigenvalue weighted by atomic mass is 9.89. The number of anilines is 1. The van der Waals surface area contributed by atoms with Crippen LogP contribution in [0, 0.1) is 0 Å². The fraction of sp³-hybridized carbons (Fsp3) is 0.381. The Morgan fingerprint density at radius 2 is 2.00 bits per heavy atom. The van der Waals surface area contributed by atoms with Crippen molar-refractivity contribution in [2.24, 2.45) is 0 Å². The van der Waals surface area contributed by atoms with Crippen molar-refractivity contribution in [3.8, 4) is 0 Å². The molecule has 0 aliphatic carbocycles. The molecule has 0 unspecified atom stereocenters. The lowest BCUT2D eigenvalue weighted by Gasteiger charge is -2.32. The molecule has 2 aromatic carbocycles. The van der Waals surface area contributed by atoms with Crippen molar-refractivity contribution >= 4 is 50.4 Å². The molecule has 27 heavy (non-hydrogen) atoms. The normalized spacial score (nSPS) is 16.1. The van der Waals surface area contributed by atoms with Crippen molar-refractivity contribution in [1.29, 1.82) is 0 Å². The van der Waals surface area contributed by atoms with Gasteiger partial charge < -0.3 is 10.2 Å². The van der Waals surface area contributed by atoms with Gasteiger partial charge in [-0.3, -0.25) is 0 Å². The second kappa shape index (κ2) is 8.78. The summed E-state index contributed by atoms with van der Waals surface area (Å²) in [6.07, 6.45) is 3.43. The maximum absolute atomic E-state index is 6.40. The SMILES string of the molecule is Clc1cccc(C2CCN(CCCNc3ccc4scnc4c3)CC2)c1Cl. The number of piperidine rings is 1. The highest BCUT2D eigenvalue weighted by atomic mass is 35.5. The average molecular weight is 420 g/mol. The Morgan fingerprint density at radius 1 is 1.15 bits per heavy atom. The maximum Gasteiger partial charge on any atom is 0.0832 e. The van der Waals surface area contributed by atoms with E-state index in [1.807, 2.05) is 17.6 Å². The number of hydrogen-bond acceptors (Lipinski definition) is 4. The third-order valence-corrected chi connectivity index (χ3v) is 6.96. The summed E-state index contributed by atoms with van der Waals surface area (Å²) in [5.74, 6) is 0.524. The summed E-state index contributed by atoms with van der Waals surface area (Å²) in [4.78, 5) is 6.93. The lowest BCUT2D eigenvalue weighted by molar-refractivity contribution is 0.212. The van der Waals surface area contributed by atoms with Gasteiger partial charge in [0.15, 0.2) is 0 Å². The van der Waals surface area contributed by atoms with Crippen LogP contribution in [-0.4, -0.2) is 36.1 Å². The number of likely N-dealkylation sites (tertiary alicyclic amines) is 1. The number of rotatable bonds is 6. The zero-order valence-corrected chi connectivity index (χ0v) is 17.5. The summed E-state index contributed by atoms with van der Waals surface area (Å²) < 4.78 is 1.24. The molecule has 0 bridgehead atoms. The molecule has 0 amide bonds. The standard InChI is InChI=1S/C21H23Cl2N3S/c22-18-4-1-3-17(21(18)23)15-7-11-26(12-8-15)10-2-9-24-16-5-6-20-19(13-16)25-14-27-20/h1,3-6,13-15,24H,2,7-12H2. The first-order valence-electron chi connectivity index (χ1n) is 9.44. The number of nitrogens with one attached hydrogen (secondary N) is 1. The van der Waals surface area contributed by atoms with Crippen LogP contribution in [0.2, 0.25) is 10.0 Å². The van der Waals surface area contributed by atoms with E-state index in [1.165, 1.54) is 10.3 Å². The summed E-state index contributed by atoms with van der Waals surface area (Å²) in [6.45, 7) is 4.36. The number of benzene rings is 2. The van der Waals surface area contributed by atoms with Crippen molar-refractivity contribution < 1.29 is 0 Å². The highest BCUT2D eigenvalue weighted by Gasteiger charge is 2.22. The van der Waals surface area contributed by atoms with Gasteiger partial charge in [-0.05, 0) is 74.6 Å². The van der Waals surface area contributed by atoms with Crippen LogP contribution in [0.1, 0.15) is 30.7 Å². The zero-order valence-electron chi connectivity index (χ0n) is 15.1. The van der Waals surface area contributed by atoms with Crippen LogP contribution in [-0.2, 0) is 0 Å². The Morgan fingerprint density at radius 3 is 2.85 bits per heavy atom. The third-order valence-electron chi connectivity index (χ3n) is 5.32. The van der Waals surface area contributed by atoms with E-state index in [-0.39, 0.29) is 0 Å². The second-order valence-corrected chi connectivity index (χ2v) is 8.75. The molecule has 2 heterocycles. The van der Waals surface area contributed by atoms with Crippen molar-refractivity contribution in [3.63, 3.8) is 0 Å². The molecule has 3 aromatic rings. The molecule has 4 rings (SSSR count). The molecule has 1 fully saturated rings. The second-order valence-electron chi connectivity index (χ2n) is 7.07. The van der Waals surface area contributed by atoms with E-state index in [2.05, 4.69) is 39.5 Å². The Balaban J connectivity index is 1.21. The molecule has 1 aliphatic heterocycles. The Kier molecular flexibility index (Phi) is 6.18. The van der Waals surface area contributed by atoms with E-state index >= 15 is 0 Å². The van der Waals surface area contributed by atoms with E-state index in [0.29, 0.717) is 10.9 Å². The zero-order chi connectivity index (χ0) is 18.6. The van der Waals surface area contributed by atoms with Crippen LogP contribution >= 0.6 is 34.5 Å². The number of halogens is 2. The van der Waals surface area contributed by atoms with Crippen LogP contribution in [0.5, 0.6) is 0 Å². The topological polar surface area (TPSA) is 28.2 Å². The summed E-state index contributed by atoms with van der Waals surface area (Å²) in [5, 5.41) is 4.92. The smallest absolute Gasteiger partial charge is 0.0832 e. The Labute approximate surface area is 174 Å². The largest absolute Gasteiger partial charge is 0.385 e. The van der Waals surface area contributed by atoms with Gasteiger partial charge in [0.1, 0.15) is 0 Å². The summed E-state index contributed by atoms with van der Waals surface area (Å²) in [7, 11) is 0. The van der Waals surface area contributed by atoms with Gasteiger partial charge in [-0.2, -0.15) is 0 Å². The van der Waals surface area contributed by atoms with E-state index in [1.54, 1.807) is 11.3 Å². The maximum atomic E-state index is 6.40. The van der Waals surface area contributed by atoms with Crippen LogP contribution in [0.4, 0.5) is 5.69 Å². The molecule has 3 nitrogen and oxygen atoms in total. The van der Waals surface area contributed by atoms with Gasteiger partial charge in [0.25, 0.3) is 0 Å². The van der Waals surface area contributed by atoms with E-state index < -0.39 is 0 Å². The van der Waals surface area contributed by atoms with Crippen LogP contribution in [0.3, 0.4) is 0 Å². The van der Waals surface area contributed by atoms with Gasteiger partial charge in [0, 0.05) is 12.2 Å². The van der Waals surface area contributed by atoms with Crippen molar-refractivity contribution in [2.75, 3.05) is 31.5 Å². The molecule has 0 spiro atoms. The molecule has 0 radical (unpaired) electrons. The van der Waals surface area contributed by atoms with Gasteiger partial charge in [0.2, 0.25) is 0 Å². The first kappa shape index (κ1) is 19.0. The van der Waals surface area contributed by atoms with Crippen molar-refractivity contribution in [3.05, 3.63) is 57.5 Å². The van der Waals surface area contributed by atoms with Gasteiger partial charge >= 0.3 is 0 Å². The first-order valence-corrected chi connectivity index (χ1v) is 11.1. The fourth-order valence-corrected chi connectivity index (χ4v) is 4.93. The molecule has 1 saturated heterocycles. The fourth-order valence-electron chi connectivity index (χ4n) is 3.81. The monoisotopic (exact) mass is 419 g/mol. The molecular formula is C21H23Cl2N3S. The molecule has 1 aromatic heterocycles. The van der Waals surface area contributed by atoms with Crippen molar-refractivity contribution in [2.45, 2.75) is 25.2 Å². The van der Waals surface area contributed by atoms with Crippen molar-refractivity contribution in [1.82, 2.24) is 9.88 Å². The molecule has 1 N–H and O–H groups in total. The number of hydrogen-bond donors (Lipinski definition) is 1. The minimum absolute atomic E-state index is 0.524. The van der Waals surface area contributed by atoms with E-state index in [4.69, 9.17) is 23.2 Å². The van der Waals surface area contributed by atoms with Crippen LogP contribution in [0.25, 0.3) is 10.2 Å². The molecule has 142 valence electrons. The molecule has 0 saturated carbocycles. The van der Waals surface area contributed by atoms with E-state index in [0.717, 1.165) is 61.7 Å². The van der Waals surface area contributed by atoms with Gasteiger partial charge in [-0.15, -0.1) is 11.3 Å². The molecular weight excluding hydrogens is 397 g/mol. The predicted octanol–water partition coefficient (Wildman–Crippen LogP) is 6.28. The molecule has 0 atom stereocenters. The number of fused-ring (bicyclic) bond motifs is 1. The quantitative estimate of drug-likeness (QED) is 0.476. The number of thiazole rings is 1. The Bertz CT molecular complexity index is 903. The average Bonchev–Trinajstić information content (AvgIpc) is 3.16. The minimum Gasteiger partial charge on any atom is -0.385 e. The highest BCUT2D eigenvalue weighted by Crippen LogP contribution is 2.36. The minimum atomic E-state index is 0.524. The number of aromatic nitrogens is 1. The first-order chi connectivity index (χ1) is 13.2.